The zero-order chi connectivity index (χ0) is 16.6. The molecule has 0 aromatic carbocycles. The topological polar surface area (TPSA) is 71.1 Å². The minimum absolute atomic E-state index is 0.0343. The van der Waals surface area contributed by atoms with Gasteiger partial charge in [-0.1, -0.05) is 6.07 Å². The lowest BCUT2D eigenvalue weighted by Crippen LogP contribution is -2.60. The molecule has 2 aliphatic rings. The number of rotatable bonds is 4. The highest BCUT2D eigenvalue weighted by molar-refractivity contribution is 8.01. The van der Waals surface area contributed by atoms with Crippen molar-refractivity contribution in [3.63, 3.8) is 0 Å². The number of pyridine rings is 1. The molecule has 1 N–H and O–H groups in total. The van der Waals surface area contributed by atoms with E-state index in [1.54, 1.807) is 12.3 Å². The van der Waals surface area contributed by atoms with E-state index in [1.807, 2.05) is 41.8 Å². The molecular weight excluding hydrogens is 324 g/mol. The van der Waals surface area contributed by atoms with Crippen LogP contribution in [0.25, 0.3) is 0 Å². The van der Waals surface area contributed by atoms with Crippen LogP contribution < -0.4 is 0 Å². The number of amides is 1. The summed E-state index contributed by atoms with van der Waals surface area (Å²) in [4.78, 5) is 18.6. The molecule has 0 bridgehead atoms. The van der Waals surface area contributed by atoms with Crippen LogP contribution in [0, 0.1) is 6.92 Å². The van der Waals surface area contributed by atoms with E-state index >= 15 is 0 Å². The van der Waals surface area contributed by atoms with Crippen LogP contribution in [0.1, 0.15) is 28.3 Å². The van der Waals surface area contributed by atoms with Gasteiger partial charge in [0.05, 0.1) is 23.2 Å². The van der Waals surface area contributed by atoms with Gasteiger partial charge in [-0.2, -0.15) is 5.10 Å². The van der Waals surface area contributed by atoms with E-state index in [9.17, 15) is 4.79 Å². The fraction of sp³-hybridized carbons (Fsp3) is 0.471. The molecule has 0 saturated carbocycles. The van der Waals surface area contributed by atoms with Gasteiger partial charge in [-0.15, -0.1) is 11.8 Å². The summed E-state index contributed by atoms with van der Waals surface area (Å²) in [6.45, 7) is 4.12. The number of hydrogen-bond donors (Lipinski definition) is 1. The molecule has 0 radical (unpaired) electrons. The van der Waals surface area contributed by atoms with Crippen LogP contribution in [0.3, 0.4) is 0 Å². The molecule has 1 unspecified atom stereocenters. The zero-order valence-corrected chi connectivity index (χ0v) is 14.4. The van der Waals surface area contributed by atoms with Gasteiger partial charge in [0.1, 0.15) is 5.69 Å². The Kier molecular flexibility index (Phi) is 4.05. The average Bonchev–Trinajstić information content (AvgIpc) is 3.21. The third kappa shape index (κ3) is 3.06. The van der Waals surface area contributed by atoms with E-state index in [1.165, 1.54) is 0 Å². The lowest BCUT2D eigenvalue weighted by Gasteiger charge is -2.47. The summed E-state index contributed by atoms with van der Waals surface area (Å²) < 4.78 is 6.21. The highest BCUT2D eigenvalue weighted by Crippen LogP contribution is 2.46. The van der Waals surface area contributed by atoms with Crippen molar-refractivity contribution in [1.29, 1.82) is 0 Å². The van der Waals surface area contributed by atoms with Gasteiger partial charge >= 0.3 is 0 Å². The van der Waals surface area contributed by atoms with Crippen LogP contribution in [-0.2, 0) is 11.3 Å². The number of likely N-dealkylation sites (tertiary alicyclic amines) is 1. The van der Waals surface area contributed by atoms with Crippen molar-refractivity contribution in [2.24, 2.45) is 0 Å². The number of H-pyrrole nitrogens is 1. The highest BCUT2D eigenvalue weighted by Gasteiger charge is 2.51. The van der Waals surface area contributed by atoms with Gasteiger partial charge in [0.15, 0.2) is 0 Å². The summed E-state index contributed by atoms with van der Waals surface area (Å²) in [5.41, 5.74) is 2.55. The second-order valence-corrected chi connectivity index (χ2v) is 8.02. The van der Waals surface area contributed by atoms with Crippen LogP contribution in [0.2, 0.25) is 0 Å². The molecule has 24 heavy (non-hydrogen) atoms. The summed E-state index contributed by atoms with van der Waals surface area (Å²) in [5.74, 6) is 1.02. The molecule has 0 aliphatic carbocycles. The quantitative estimate of drug-likeness (QED) is 0.919. The molecule has 2 aromatic heterocycles. The Morgan fingerprint density at radius 3 is 3.08 bits per heavy atom. The normalized spacial score (nSPS) is 21.9. The third-order valence-electron chi connectivity index (χ3n) is 4.56. The summed E-state index contributed by atoms with van der Waals surface area (Å²) in [6.07, 6.45) is 2.84. The van der Waals surface area contributed by atoms with Gasteiger partial charge in [-0.3, -0.25) is 14.9 Å². The summed E-state index contributed by atoms with van der Waals surface area (Å²) >= 11 is 1.93. The number of carbonyl (C=O) groups is 1. The maximum Gasteiger partial charge on any atom is 0.271 e. The molecule has 6 nitrogen and oxygen atoms in total. The Morgan fingerprint density at radius 2 is 2.33 bits per heavy atom. The smallest absolute Gasteiger partial charge is 0.271 e. The SMILES string of the molecule is Cc1cccc(COC2CSC3(C2)CN(C(=O)c2ccn[nH]2)C3)n1. The summed E-state index contributed by atoms with van der Waals surface area (Å²) in [5, 5.41) is 6.58. The van der Waals surface area contributed by atoms with Gasteiger partial charge in [0.25, 0.3) is 5.91 Å². The van der Waals surface area contributed by atoms with Crippen molar-refractivity contribution in [3.05, 3.63) is 47.5 Å². The van der Waals surface area contributed by atoms with Gasteiger partial charge in [-0.25, -0.2) is 0 Å². The van der Waals surface area contributed by atoms with Crippen molar-refractivity contribution in [2.75, 3.05) is 18.8 Å². The molecule has 1 spiro atoms. The predicted molar refractivity (Wildman–Crippen MR) is 91.8 cm³/mol. The predicted octanol–water partition coefficient (Wildman–Crippen LogP) is 2.03. The molecule has 1 atom stereocenters. The van der Waals surface area contributed by atoms with Crippen molar-refractivity contribution in [2.45, 2.75) is 30.8 Å². The third-order valence-corrected chi connectivity index (χ3v) is 6.14. The molecular formula is C17H20N4O2S. The average molecular weight is 344 g/mol. The highest BCUT2D eigenvalue weighted by atomic mass is 32.2. The first kappa shape index (κ1) is 15.7. The van der Waals surface area contributed by atoms with E-state index in [2.05, 4.69) is 15.2 Å². The number of aromatic nitrogens is 3. The van der Waals surface area contributed by atoms with E-state index in [0.29, 0.717) is 12.3 Å². The molecule has 1 amide bonds. The summed E-state index contributed by atoms with van der Waals surface area (Å²) in [6, 6.07) is 7.72. The van der Waals surface area contributed by atoms with Crippen LogP contribution >= 0.6 is 11.8 Å². The fourth-order valence-electron chi connectivity index (χ4n) is 3.35. The van der Waals surface area contributed by atoms with Gasteiger partial charge in [0.2, 0.25) is 0 Å². The number of aromatic amines is 1. The number of nitrogens with zero attached hydrogens (tertiary/aromatic N) is 3. The maximum absolute atomic E-state index is 12.3. The van der Waals surface area contributed by atoms with E-state index in [-0.39, 0.29) is 16.8 Å². The Morgan fingerprint density at radius 1 is 1.46 bits per heavy atom. The fourth-order valence-corrected chi connectivity index (χ4v) is 4.90. The minimum Gasteiger partial charge on any atom is -0.371 e. The van der Waals surface area contributed by atoms with Crippen molar-refractivity contribution in [1.82, 2.24) is 20.1 Å². The number of ether oxygens (including phenoxy) is 1. The van der Waals surface area contributed by atoms with Gasteiger partial charge < -0.3 is 9.64 Å². The number of hydrogen-bond acceptors (Lipinski definition) is 5. The zero-order valence-electron chi connectivity index (χ0n) is 13.6. The number of carbonyl (C=O) groups excluding carboxylic acids is 1. The Hall–Kier alpha value is -1.86. The van der Waals surface area contributed by atoms with Crippen molar-refractivity contribution in [3.8, 4) is 0 Å². The Balaban J connectivity index is 1.28. The first-order valence-electron chi connectivity index (χ1n) is 8.10. The van der Waals surface area contributed by atoms with Crippen LogP contribution in [0.15, 0.2) is 30.5 Å². The lowest BCUT2D eigenvalue weighted by atomic mass is 9.92. The molecule has 4 rings (SSSR count). The Labute approximate surface area is 145 Å². The maximum atomic E-state index is 12.3. The summed E-state index contributed by atoms with van der Waals surface area (Å²) in [7, 11) is 0. The molecule has 2 saturated heterocycles. The molecule has 7 heteroatoms. The molecule has 2 fully saturated rings. The number of thioether (sulfide) groups is 1. The molecule has 4 heterocycles. The standard InChI is InChI=1S/C17H20N4O2S/c1-12-3-2-4-13(19-12)8-23-14-7-17(24-9-14)10-21(11-17)16(22)15-5-6-18-20-15/h2-6,14H,7-11H2,1H3,(H,18,20). The second-order valence-electron chi connectivity index (χ2n) is 6.53. The van der Waals surface area contributed by atoms with Crippen molar-refractivity contribution < 1.29 is 9.53 Å². The number of nitrogens with one attached hydrogen (secondary N) is 1. The van der Waals surface area contributed by atoms with E-state index in [0.717, 1.165) is 36.7 Å². The Bertz CT molecular complexity index is 728. The van der Waals surface area contributed by atoms with E-state index in [4.69, 9.17) is 4.74 Å². The van der Waals surface area contributed by atoms with Crippen LogP contribution in [-0.4, -0.2) is 55.7 Å². The molecule has 2 aromatic rings. The minimum atomic E-state index is 0.0343. The van der Waals surface area contributed by atoms with Crippen molar-refractivity contribution >= 4 is 17.7 Å². The number of aryl methyl sites for hydroxylation is 1. The molecule has 126 valence electrons. The van der Waals surface area contributed by atoms with Gasteiger partial charge in [0, 0.05) is 30.7 Å². The monoisotopic (exact) mass is 344 g/mol. The van der Waals surface area contributed by atoms with Crippen LogP contribution in [0.4, 0.5) is 0 Å². The van der Waals surface area contributed by atoms with E-state index < -0.39 is 0 Å². The lowest BCUT2D eigenvalue weighted by molar-refractivity contribution is 0.0242. The first-order valence-corrected chi connectivity index (χ1v) is 9.09. The largest absolute Gasteiger partial charge is 0.371 e. The molecule has 2 aliphatic heterocycles. The second kappa shape index (κ2) is 6.22. The first-order chi connectivity index (χ1) is 11.6. The van der Waals surface area contributed by atoms with Gasteiger partial charge in [-0.05, 0) is 31.5 Å². The van der Waals surface area contributed by atoms with Crippen LogP contribution in [0.5, 0.6) is 0 Å².